The van der Waals surface area contributed by atoms with Crippen molar-refractivity contribution in [3.05, 3.63) is 40.1 Å². The van der Waals surface area contributed by atoms with Gasteiger partial charge < -0.3 is 5.32 Å². The Balaban J connectivity index is 2.65. The SMILES string of the molecule is CCNc1nc(-c2cnccc2C(F)(F)F)c(Cl)cc1Cl. The van der Waals surface area contributed by atoms with Crippen molar-refractivity contribution in [2.75, 3.05) is 11.9 Å². The third kappa shape index (κ3) is 3.39. The van der Waals surface area contributed by atoms with Crippen LogP contribution in [0.4, 0.5) is 19.0 Å². The Morgan fingerprint density at radius 1 is 1.24 bits per heavy atom. The second-order valence-electron chi connectivity index (χ2n) is 4.10. The van der Waals surface area contributed by atoms with Crippen LogP contribution in [0, 0.1) is 0 Å². The zero-order valence-corrected chi connectivity index (χ0v) is 12.3. The van der Waals surface area contributed by atoms with E-state index in [0.717, 1.165) is 18.5 Å². The van der Waals surface area contributed by atoms with Crippen LogP contribution in [0.5, 0.6) is 0 Å². The highest BCUT2D eigenvalue weighted by Crippen LogP contribution is 2.39. The summed E-state index contributed by atoms with van der Waals surface area (Å²) in [7, 11) is 0. The van der Waals surface area contributed by atoms with Gasteiger partial charge >= 0.3 is 6.18 Å². The lowest BCUT2D eigenvalue weighted by Gasteiger charge is -2.14. The highest BCUT2D eigenvalue weighted by molar-refractivity contribution is 6.37. The Hall–Kier alpha value is -1.53. The number of hydrogen-bond donors (Lipinski definition) is 1. The summed E-state index contributed by atoms with van der Waals surface area (Å²) < 4.78 is 39.2. The van der Waals surface area contributed by atoms with Crippen molar-refractivity contribution in [1.29, 1.82) is 0 Å². The summed E-state index contributed by atoms with van der Waals surface area (Å²) >= 11 is 11.9. The van der Waals surface area contributed by atoms with E-state index < -0.39 is 11.7 Å². The maximum atomic E-state index is 13.1. The van der Waals surface area contributed by atoms with Crippen LogP contribution in [-0.4, -0.2) is 16.5 Å². The summed E-state index contributed by atoms with van der Waals surface area (Å²) in [5.74, 6) is 0.274. The van der Waals surface area contributed by atoms with Crippen LogP contribution in [-0.2, 0) is 6.18 Å². The summed E-state index contributed by atoms with van der Waals surface area (Å²) in [6.07, 6.45) is -2.37. The lowest BCUT2D eigenvalue weighted by molar-refractivity contribution is -0.137. The first-order chi connectivity index (χ1) is 9.84. The van der Waals surface area contributed by atoms with Gasteiger partial charge in [-0.25, -0.2) is 4.98 Å². The molecule has 3 nitrogen and oxygen atoms in total. The van der Waals surface area contributed by atoms with Gasteiger partial charge in [-0.1, -0.05) is 23.2 Å². The molecule has 2 aromatic rings. The molecule has 0 saturated heterocycles. The molecule has 0 fully saturated rings. The molecule has 112 valence electrons. The number of pyridine rings is 2. The maximum absolute atomic E-state index is 13.1. The van der Waals surface area contributed by atoms with Crippen LogP contribution >= 0.6 is 23.2 Å². The van der Waals surface area contributed by atoms with E-state index in [1.54, 1.807) is 0 Å². The van der Waals surface area contributed by atoms with Crippen molar-refractivity contribution in [2.24, 2.45) is 0 Å². The van der Waals surface area contributed by atoms with Crippen LogP contribution in [0.3, 0.4) is 0 Å². The predicted molar refractivity (Wildman–Crippen MR) is 76.7 cm³/mol. The fourth-order valence-corrected chi connectivity index (χ4v) is 2.30. The Bertz CT molecular complexity index is 660. The molecule has 2 aromatic heterocycles. The Morgan fingerprint density at radius 2 is 1.95 bits per heavy atom. The molecule has 0 aromatic carbocycles. The molecule has 0 atom stereocenters. The van der Waals surface area contributed by atoms with Crippen molar-refractivity contribution >= 4 is 29.0 Å². The summed E-state index contributed by atoms with van der Waals surface area (Å²) in [6.45, 7) is 2.34. The van der Waals surface area contributed by atoms with Gasteiger partial charge in [0.05, 0.1) is 21.3 Å². The lowest BCUT2D eigenvalue weighted by Crippen LogP contribution is -2.09. The Kier molecular flexibility index (Phi) is 4.58. The number of aromatic nitrogens is 2. The van der Waals surface area contributed by atoms with Gasteiger partial charge in [0, 0.05) is 24.5 Å². The van der Waals surface area contributed by atoms with E-state index in [2.05, 4.69) is 15.3 Å². The first-order valence-electron chi connectivity index (χ1n) is 5.96. The number of halogens is 5. The van der Waals surface area contributed by atoms with E-state index in [-0.39, 0.29) is 27.1 Å². The van der Waals surface area contributed by atoms with Gasteiger partial charge in [-0.15, -0.1) is 0 Å². The van der Waals surface area contributed by atoms with Crippen molar-refractivity contribution in [3.8, 4) is 11.3 Å². The van der Waals surface area contributed by atoms with Gasteiger partial charge in [0.25, 0.3) is 0 Å². The molecule has 8 heteroatoms. The van der Waals surface area contributed by atoms with Gasteiger partial charge in [-0.3, -0.25) is 4.98 Å². The Morgan fingerprint density at radius 3 is 2.57 bits per heavy atom. The largest absolute Gasteiger partial charge is 0.417 e. The van der Waals surface area contributed by atoms with Crippen LogP contribution < -0.4 is 5.32 Å². The van der Waals surface area contributed by atoms with Crippen LogP contribution in [0.2, 0.25) is 10.0 Å². The fraction of sp³-hybridized carbons (Fsp3) is 0.231. The molecule has 21 heavy (non-hydrogen) atoms. The number of anilines is 1. The minimum Gasteiger partial charge on any atom is -0.369 e. The molecule has 0 saturated carbocycles. The number of hydrogen-bond acceptors (Lipinski definition) is 3. The molecular formula is C13H10Cl2F3N3. The first kappa shape index (κ1) is 15.9. The molecule has 0 aliphatic heterocycles. The van der Waals surface area contributed by atoms with Crippen LogP contribution in [0.25, 0.3) is 11.3 Å². The fourth-order valence-electron chi connectivity index (χ4n) is 1.78. The van der Waals surface area contributed by atoms with Crippen molar-refractivity contribution < 1.29 is 13.2 Å². The van der Waals surface area contributed by atoms with Gasteiger partial charge in [0.1, 0.15) is 5.82 Å². The quantitative estimate of drug-likeness (QED) is 0.866. The second kappa shape index (κ2) is 6.07. The molecule has 1 N–H and O–H groups in total. The van der Waals surface area contributed by atoms with E-state index in [1.165, 1.54) is 6.07 Å². The summed E-state index contributed by atoms with van der Waals surface area (Å²) in [4.78, 5) is 7.81. The third-order valence-corrected chi connectivity index (χ3v) is 3.23. The molecule has 0 radical (unpaired) electrons. The number of alkyl halides is 3. The van der Waals surface area contributed by atoms with Gasteiger partial charge in [-0.05, 0) is 19.1 Å². The molecule has 0 amide bonds. The van der Waals surface area contributed by atoms with Crippen molar-refractivity contribution in [1.82, 2.24) is 9.97 Å². The topological polar surface area (TPSA) is 37.8 Å². The molecule has 0 spiro atoms. The van der Waals surface area contributed by atoms with Crippen molar-refractivity contribution in [3.63, 3.8) is 0 Å². The second-order valence-corrected chi connectivity index (χ2v) is 4.91. The van der Waals surface area contributed by atoms with Crippen LogP contribution in [0.15, 0.2) is 24.5 Å². The number of nitrogens with zero attached hydrogens (tertiary/aromatic N) is 2. The van der Waals surface area contributed by atoms with E-state index in [4.69, 9.17) is 23.2 Å². The summed E-state index contributed by atoms with van der Waals surface area (Å²) in [6, 6.07) is 2.24. The van der Waals surface area contributed by atoms with Gasteiger partial charge in [-0.2, -0.15) is 13.2 Å². The Labute approximate surface area is 129 Å². The number of nitrogens with one attached hydrogen (secondary N) is 1. The highest BCUT2D eigenvalue weighted by atomic mass is 35.5. The average molecular weight is 336 g/mol. The van der Waals surface area contributed by atoms with Crippen LogP contribution in [0.1, 0.15) is 12.5 Å². The summed E-state index contributed by atoms with van der Waals surface area (Å²) in [5.41, 5.74) is -1.06. The molecule has 0 unspecified atom stereocenters. The van der Waals surface area contributed by atoms with Gasteiger partial charge in [0.15, 0.2) is 0 Å². The molecule has 0 aliphatic carbocycles. The normalized spacial score (nSPS) is 11.5. The molecule has 2 heterocycles. The van der Waals surface area contributed by atoms with E-state index >= 15 is 0 Å². The molecule has 0 bridgehead atoms. The minimum atomic E-state index is -4.53. The van der Waals surface area contributed by atoms with Gasteiger partial charge in [0.2, 0.25) is 0 Å². The maximum Gasteiger partial charge on any atom is 0.417 e. The monoisotopic (exact) mass is 335 g/mol. The van der Waals surface area contributed by atoms with E-state index in [9.17, 15) is 13.2 Å². The standard InChI is InChI=1S/C13H10Cl2F3N3/c1-2-20-12-10(15)5-9(14)11(21-12)7-6-19-4-3-8(7)13(16,17)18/h3-6H,2H2,1H3,(H,20,21). The lowest BCUT2D eigenvalue weighted by atomic mass is 10.1. The highest BCUT2D eigenvalue weighted by Gasteiger charge is 2.34. The average Bonchev–Trinajstić information content (AvgIpc) is 2.41. The smallest absolute Gasteiger partial charge is 0.369 e. The van der Waals surface area contributed by atoms with E-state index in [0.29, 0.717) is 6.54 Å². The molecule has 0 aliphatic rings. The zero-order chi connectivity index (χ0) is 15.6. The summed E-state index contributed by atoms with van der Waals surface area (Å²) in [5, 5.41) is 3.13. The minimum absolute atomic E-state index is 0.0163. The predicted octanol–water partition coefficient (Wildman–Crippen LogP) is 4.90. The van der Waals surface area contributed by atoms with Crippen molar-refractivity contribution in [2.45, 2.75) is 13.1 Å². The third-order valence-electron chi connectivity index (χ3n) is 2.66. The number of rotatable bonds is 3. The van der Waals surface area contributed by atoms with E-state index in [1.807, 2.05) is 6.92 Å². The first-order valence-corrected chi connectivity index (χ1v) is 6.71. The molecular weight excluding hydrogens is 326 g/mol. The zero-order valence-electron chi connectivity index (χ0n) is 10.8. The molecule has 2 rings (SSSR count).